The van der Waals surface area contributed by atoms with Crippen LogP contribution in [0.4, 0.5) is 0 Å². The molecule has 0 amide bonds. The van der Waals surface area contributed by atoms with E-state index in [0.717, 1.165) is 60.2 Å². The topological polar surface area (TPSA) is 26.3 Å². The molecule has 2 heterocycles. The molecule has 0 saturated heterocycles. The Hall–Kier alpha value is -7.16. The van der Waals surface area contributed by atoms with Crippen LogP contribution in [0.5, 0.6) is 0 Å². The predicted octanol–water partition coefficient (Wildman–Crippen LogP) is 15.1. The van der Waals surface area contributed by atoms with Gasteiger partial charge >= 0.3 is 0 Å². The number of fused-ring (bicyclic) bond motifs is 11. The molecule has 0 radical (unpaired) electrons. The maximum Gasteiger partial charge on any atom is 0.143 e. The fourth-order valence-corrected chi connectivity index (χ4v) is 8.89. The van der Waals surface area contributed by atoms with E-state index in [1.54, 1.807) is 0 Å². The van der Waals surface area contributed by atoms with Gasteiger partial charge in [-0.3, -0.25) is 0 Å². The molecule has 0 fully saturated rings. The molecule has 10 aromatic carbocycles. The lowest BCUT2D eigenvalue weighted by Gasteiger charge is -2.18. The summed E-state index contributed by atoms with van der Waals surface area (Å²) in [4.78, 5) is 0. The first-order chi connectivity index (χ1) is 26.7. The third-order valence-electron chi connectivity index (χ3n) is 11.4. The number of hydrogen-bond acceptors (Lipinski definition) is 2. The van der Waals surface area contributed by atoms with Crippen molar-refractivity contribution in [3.8, 4) is 33.4 Å². The van der Waals surface area contributed by atoms with Crippen molar-refractivity contribution in [1.29, 1.82) is 0 Å². The van der Waals surface area contributed by atoms with E-state index in [1.165, 1.54) is 60.1 Å². The molecule has 0 bridgehead atoms. The Bertz CT molecular complexity index is 3430. The Morgan fingerprint density at radius 2 is 0.778 bits per heavy atom. The van der Waals surface area contributed by atoms with Crippen molar-refractivity contribution in [2.45, 2.75) is 0 Å². The van der Waals surface area contributed by atoms with Gasteiger partial charge in [-0.2, -0.15) is 0 Å². The molecule has 2 nitrogen and oxygen atoms in total. The van der Waals surface area contributed by atoms with E-state index in [9.17, 15) is 0 Å². The molecule has 0 saturated carbocycles. The summed E-state index contributed by atoms with van der Waals surface area (Å²) in [6, 6.07) is 65.8. The highest BCUT2D eigenvalue weighted by Gasteiger charge is 2.18. The summed E-state index contributed by atoms with van der Waals surface area (Å²) < 4.78 is 12.8. The van der Waals surface area contributed by atoms with Gasteiger partial charge in [0.1, 0.15) is 22.3 Å². The van der Waals surface area contributed by atoms with Crippen LogP contribution in [0.2, 0.25) is 0 Å². The summed E-state index contributed by atoms with van der Waals surface area (Å²) in [6.07, 6.45) is 0. The number of para-hydroxylation sites is 1. The molecule has 0 atom stereocenters. The third-order valence-corrected chi connectivity index (χ3v) is 11.4. The minimum Gasteiger partial charge on any atom is -0.456 e. The van der Waals surface area contributed by atoms with Crippen LogP contribution in [0.3, 0.4) is 0 Å². The molecule has 2 heteroatoms. The Balaban J connectivity index is 0.974. The summed E-state index contributed by atoms with van der Waals surface area (Å²) in [6.45, 7) is 0. The van der Waals surface area contributed by atoms with Crippen LogP contribution in [0, 0.1) is 0 Å². The van der Waals surface area contributed by atoms with Gasteiger partial charge in [-0.1, -0.05) is 133 Å². The van der Waals surface area contributed by atoms with Crippen LogP contribution in [-0.2, 0) is 0 Å². The Labute approximate surface area is 310 Å². The molecule has 0 N–H and O–H groups in total. The fourth-order valence-electron chi connectivity index (χ4n) is 8.89. The summed E-state index contributed by atoms with van der Waals surface area (Å²) in [5.41, 5.74) is 10.9. The zero-order valence-electron chi connectivity index (χ0n) is 29.1. The Morgan fingerprint density at radius 3 is 1.52 bits per heavy atom. The smallest absolute Gasteiger partial charge is 0.143 e. The molecule has 54 heavy (non-hydrogen) atoms. The largest absolute Gasteiger partial charge is 0.456 e. The molecular formula is C52H30O2. The van der Waals surface area contributed by atoms with Crippen LogP contribution in [0.25, 0.3) is 120 Å². The second-order valence-electron chi connectivity index (χ2n) is 14.4. The molecule has 2 aromatic heterocycles. The number of rotatable bonds is 3. The maximum atomic E-state index is 6.45. The SMILES string of the molecule is c1ccc(-c2c3ccccc3c(-c3ccc4cc(-c5ccc6oc7cc8c(ccc9c%10ccccc%10oc89)cc7c6c5)ccc4c3)c3ccccc23)cc1. The van der Waals surface area contributed by atoms with Crippen molar-refractivity contribution in [3.63, 3.8) is 0 Å². The van der Waals surface area contributed by atoms with Crippen molar-refractivity contribution < 1.29 is 8.83 Å². The van der Waals surface area contributed by atoms with Gasteiger partial charge in [-0.15, -0.1) is 0 Å². The summed E-state index contributed by atoms with van der Waals surface area (Å²) >= 11 is 0. The molecule has 12 aromatic rings. The normalized spacial score (nSPS) is 12.1. The highest BCUT2D eigenvalue weighted by molar-refractivity contribution is 6.22. The summed E-state index contributed by atoms with van der Waals surface area (Å²) in [7, 11) is 0. The van der Waals surface area contributed by atoms with Crippen LogP contribution in [0.15, 0.2) is 191 Å². The minimum atomic E-state index is 0.866. The highest BCUT2D eigenvalue weighted by Crippen LogP contribution is 2.45. The lowest BCUT2D eigenvalue weighted by Crippen LogP contribution is -1.90. The first-order valence-electron chi connectivity index (χ1n) is 18.5. The van der Waals surface area contributed by atoms with Crippen LogP contribution >= 0.6 is 0 Å². The standard InChI is InChI=1S/C52H30O2/c1-2-10-31(11-3-1)50-39-13-4-6-15-41(39)51(42-16-7-5-14-40(42)50)37-21-20-32-26-33(18-19-34(32)27-37)35-23-25-48-45(28-35)46-29-36-22-24-43-38-12-8-9-17-47(38)54-52(43)44(36)30-49(46)53-48/h1-30H. The van der Waals surface area contributed by atoms with E-state index in [0.29, 0.717) is 0 Å². The van der Waals surface area contributed by atoms with E-state index in [2.05, 4.69) is 170 Å². The summed E-state index contributed by atoms with van der Waals surface area (Å²) in [5, 5.41) is 14.2. The fraction of sp³-hybridized carbons (Fsp3) is 0. The second kappa shape index (κ2) is 11.2. The van der Waals surface area contributed by atoms with Crippen LogP contribution in [0.1, 0.15) is 0 Å². The zero-order valence-corrected chi connectivity index (χ0v) is 29.1. The van der Waals surface area contributed by atoms with E-state index in [1.807, 2.05) is 12.1 Å². The maximum absolute atomic E-state index is 6.45. The molecule has 0 aliphatic rings. The number of hydrogen-bond donors (Lipinski definition) is 0. The quantitative estimate of drug-likeness (QED) is 0.173. The van der Waals surface area contributed by atoms with E-state index in [4.69, 9.17) is 8.83 Å². The third kappa shape index (κ3) is 4.28. The van der Waals surface area contributed by atoms with E-state index >= 15 is 0 Å². The van der Waals surface area contributed by atoms with Gasteiger partial charge in [0.25, 0.3) is 0 Å². The summed E-state index contributed by atoms with van der Waals surface area (Å²) in [5.74, 6) is 0. The van der Waals surface area contributed by atoms with Gasteiger partial charge in [0.2, 0.25) is 0 Å². The van der Waals surface area contributed by atoms with Gasteiger partial charge in [-0.05, 0) is 120 Å². The predicted molar refractivity (Wildman–Crippen MR) is 227 cm³/mol. The molecule has 0 unspecified atom stereocenters. The highest BCUT2D eigenvalue weighted by atomic mass is 16.3. The van der Waals surface area contributed by atoms with Crippen molar-refractivity contribution in [2.75, 3.05) is 0 Å². The Morgan fingerprint density at radius 1 is 0.241 bits per heavy atom. The lowest BCUT2D eigenvalue weighted by atomic mass is 9.85. The first-order valence-corrected chi connectivity index (χ1v) is 18.5. The van der Waals surface area contributed by atoms with Crippen molar-refractivity contribution in [2.24, 2.45) is 0 Å². The minimum absolute atomic E-state index is 0.866. The molecule has 12 rings (SSSR count). The van der Waals surface area contributed by atoms with Crippen molar-refractivity contribution >= 4 is 87.0 Å². The molecule has 0 spiro atoms. The zero-order chi connectivity index (χ0) is 35.3. The average Bonchev–Trinajstić information content (AvgIpc) is 3.79. The molecule has 250 valence electrons. The molecule has 0 aliphatic carbocycles. The van der Waals surface area contributed by atoms with Gasteiger partial charge in [0.15, 0.2) is 0 Å². The van der Waals surface area contributed by atoms with Crippen molar-refractivity contribution in [1.82, 2.24) is 0 Å². The monoisotopic (exact) mass is 686 g/mol. The van der Waals surface area contributed by atoms with Gasteiger partial charge < -0.3 is 8.83 Å². The first kappa shape index (κ1) is 29.4. The van der Waals surface area contributed by atoms with E-state index < -0.39 is 0 Å². The molecular weight excluding hydrogens is 657 g/mol. The number of furan rings is 2. The molecule has 0 aliphatic heterocycles. The average molecular weight is 687 g/mol. The van der Waals surface area contributed by atoms with Crippen LogP contribution in [-0.4, -0.2) is 0 Å². The Kier molecular flexibility index (Phi) is 6.09. The van der Waals surface area contributed by atoms with E-state index in [-0.39, 0.29) is 0 Å². The lowest BCUT2D eigenvalue weighted by molar-refractivity contribution is 0.667. The second-order valence-corrected chi connectivity index (χ2v) is 14.4. The van der Waals surface area contributed by atoms with Crippen LogP contribution < -0.4 is 0 Å². The number of benzene rings is 10. The van der Waals surface area contributed by atoms with Gasteiger partial charge in [0.05, 0.1) is 0 Å². The van der Waals surface area contributed by atoms with Gasteiger partial charge in [0, 0.05) is 26.9 Å². The van der Waals surface area contributed by atoms with Gasteiger partial charge in [-0.25, -0.2) is 0 Å². The van der Waals surface area contributed by atoms with Crippen molar-refractivity contribution in [3.05, 3.63) is 182 Å².